The van der Waals surface area contributed by atoms with E-state index >= 15 is 0 Å². The molecule has 0 saturated carbocycles. The van der Waals surface area contributed by atoms with Crippen LogP contribution in [0.3, 0.4) is 0 Å². The van der Waals surface area contributed by atoms with Crippen LogP contribution < -0.4 is 0 Å². The summed E-state index contributed by atoms with van der Waals surface area (Å²) in [6.07, 6.45) is -3.63. The Balaban J connectivity index is 2.84. The molecule has 0 aromatic carbocycles. The first-order valence-corrected chi connectivity index (χ1v) is 6.74. The largest absolute Gasteiger partial charge is 0.417 e. The van der Waals surface area contributed by atoms with E-state index in [0.29, 0.717) is 5.69 Å². The molecule has 118 valence electrons. The summed E-state index contributed by atoms with van der Waals surface area (Å²) >= 11 is 0. The van der Waals surface area contributed by atoms with Crippen molar-refractivity contribution in [3.8, 4) is 0 Å². The highest BCUT2D eigenvalue weighted by atomic mass is 19.4. The second-order valence-corrected chi connectivity index (χ2v) is 5.90. The molecule has 1 rings (SSSR count). The molecule has 1 aromatic heterocycles. The van der Waals surface area contributed by atoms with Crippen LogP contribution in [0.5, 0.6) is 0 Å². The Morgan fingerprint density at radius 3 is 2.24 bits per heavy atom. The third kappa shape index (κ3) is 4.27. The highest BCUT2D eigenvalue weighted by Crippen LogP contribution is 2.28. The standard InChI is InChI=1S/C15H21F3N2O/c1-10(2)20(5)14(3,4)13(21)8-12-7-6-11(9-19-12)15(16,17)18/h6-7,9-10H,8H2,1-5H3. The average molecular weight is 302 g/mol. The van der Waals surface area contributed by atoms with E-state index in [2.05, 4.69) is 4.98 Å². The zero-order chi connectivity index (χ0) is 16.4. The van der Waals surface area contributed by atoms with Crippen LogP contribution in [0.1, 0.15) is 39.0 Å². The fraction of sp³-hybridized carbons (Fsp3) is 0.600. The zero-order valence-corrected chi connectivity index (χ0v) is 13.0. The topological polar surface area (TPSA) is 33.2 Å². The Kier molecular flexibility index (Phi) is 5.15. The molecule has 0 unspecified atom stereocenters. The van der Waals surface area contributed by atoms with E-state index in [4.69, 9.17) is 0 Å². The minimum absolute atomic E-state index is 0.0161. The number of likely N-dealkylation sites (N-methyl/N-ethyl adjacent to an activating group) is 1. The molecule has 0 spiro atoms. The minimum atomic E-state index is -4.41. The molecule has 3 nitrogen and oxygen atoms in total. The molecule has 0 atom stereocenters. The van der Waals surface area contributed by atoms with Gasteiger partial charge < -0.3 is 0 Å². The van der Waals surface area contributed by atoms with Crippen LogP contribution in [-0.4, -0.2) is 34.3 Å². The number of Topliss-reactive ketones (excluding diaryl/α,β-unsaturated/α-hetero) is 1. The summed E-state index contributed by atoms with van der Waals surface area (Å²) in [5.41, 5.74) is -1.16. The number of carbonyl (C=O) groups is 1. The van der Waals surface area contributed by atoms with Gasteiger partial charge in [0.05, 0.1) is 17.5 Å². The number of halogens is 3. The number of aromatic nitrogens is 1. The second kappa shape index (κ2) is 6.13. The molecule has 0 saturated heterocycles. The summed E-state index contributed by atoms with van der Waals surface area (Å²) in [6.45, 7) is 7.57. The van der Waals surface area contributed by atoms with E-state index in [1.807, 2.05) is 25.8 Å². The average Bonchev–Trinajstić information content (AvgIpc) is 2.37. The molecule has 21 heavy (non-hydrogen) atoms. The van der Waals surface area contributed by atoms with Crippen molar-refractivity contribution in [3.63, 3.8) is 0 Å². The molecule has 0 aliphatic carbocycles. The first kappa shape index (κ1) is 17.6. The second-order valence-electron chi connectivity index (χ2n) is 5.90. The van der Waals surface area contributed by atoms with Crippen molar-refractivity contribution >= 4 is 5.78 Å². The van der Waals surface area contributed by atoms with E-state index in [1.54, 1.807) is 13.8 Å². The normalized spacial score (nSPS) is 13.0. The lowest BCUT2D eigenvalue weighted by Gasteiger charge is -2.37. The van der Waals surface area contributed by atoms with Gasteiger partial charge in [0.1, 0.15) is 0 Å². The van der Waals surface area contributed by atoms with Crippen molar-refractivity contribution in [2.24, 2.45) is 0 Å². The van der Waals surface area contributed by atoms with Gasteiger partial charge in [-0.15, -0.1) is 0 Å². The molecule has 0 aliphatic rings. The van der Waals surface area contributed by atoms with Crippen LogP contribution >= 0.6 is 0 Å². The van der Waals surface area contributed by atoms with Crippen LogP contribution in [0.2, 0.25) is 0 Å². The van der Waals surface area contributed by atoms with E-state index in [0.717, 1.165) is 12.3 Å². The SMILES string of the molecule is CC(C)N(C)C(C)(C)C(=O)Cc1ccc(C(F)(F)F)cn1. The highest BCUT2D eigenvalue weighted by molar-refractivity contribution is 5.89. The fourth-order valence-electron chi connectivity index (χ4n) is 1.92. The summed E-state index contributed by atoms with van der Waals surface area (Å²) in [4.78, 5) is 18.0. The zero-order valence-electron chi connectivity index (χ0n) is 13.0. The van der Waals surface area contributed by atoms with Crippen LogP contribution in [0, 0.1) is 0 Å². The lowest BCUT2D eigenvalue weighted by Crippen LogP contribution is -2.51. The summed E-state index contributed by atoms with van der Waals surface area (Å²) in [7, 11) is 1.85. The first-order valence-electron chi connectivity index (χ1n) is 6.74. The fourth-order valence-corrected chi connectivity index (χ4v) is 1.92. The smallest absolute Gasteiger partial charge is 0.297 e. The van der Waals surface area contributed by atoms with Gasteiger partial charge in [0.2, 0.25) is 0 Å². The number of ketones is 1. The molecule has 6 heteroatoms. The molecule has 0 amide bonds. The molecule has 0 bridgehead atoms. The molecule has 0 fully saturated rings. The maximum absolute atomic E-state index is 12.5. The molecular formula is C15H21F3N2O. The van der Waals surface area contributed by atoms with E-state index < -0.39 is 17.3 Å². The van der Waals surface area contributed by atoms with Gasteiger partial charge in [-0.2, -0.15) is 13.2 Å². The van der Waals surface area contributed by atoms with Gasteiger partial charge >= 0.3 is 6.18 Å². The van der Waals surface area contributed by atoms with Crippen molar-refractivity contribution < 1.29 is 18.0 Å². The van der Waals surface area contributed by atoms with Crippen molar-refractivity contribution in [2.45, 2.75) is 51.9 Å². The van der Waals surface area contributed by atoms with Gasteiger partial charge in [0, 0.05) is 17.9 Å². The Bertz CT molecular complexity index is 493. The summed E-state index contributed by atoms with van der Waals surface area (Å²) < 4.78 is 37.4. The van der Waals surface area contributed by atoms with Gasteiger partial charge in [-0.25, -0.2) is 0 Å². The molecule has 1 aromatic rings. The third-order valence-electron chi connectivity index (χ3n) is 3.83. The number of hydrogen-bond donors (Lipinski definition) is 0. The molecular weight excluding hydrogens is 281 g/mol. The van der Waals surface area contributed by atoms with E-state index in [-0.39, 0.29) is 18.2 Å². The van der Waals surface area contributed by atoms with Crippen molar-refractivity contribution in [3.05, 3.63) is 29.6 Å². The molecule has 0 N–H and O–H groups in total. The number of rotatable bonds is 5. The number of nitrogens with zero attached hydrogens (tertiary/aromatic N) is 2. The van der Waals surface area contributed by atoms with Crippen molar-refractivity contribution in [2.75, 3.05) is 7.05 Å². The summed E-state index contributed by atoms with van der Waals surface area (Å²) in [6, 6.07) is 2.39. The number of pyridine rings is 1. The first-order chi connectivity index (χ1) is 9.46. The molecule has 0 radical (unpaired) electrons. The highest BCUT2D eigenvalue weighted by Gasteiger charge is 2.34. The van der Waals surface area contributed by atoms with Gasteiger partial charge in [-0.1, -0.05) is 0 Å². The summed E-state index contributed by atoms with van der Waals surface area (Å²) in [5.74, 6) is -0.0778. The third-order valence-corrected chi connectivity index (χ3v) is 3.83. The monoisotopic (exact) mass is 302 g/mol. The van der Waals surface area contributed by atoms with Gasteiger partial charge in [0.25, 0.3) is 0 Å². The van der Waals surface area contributed by atoms with Gasteiger partial charge in [-0.05, 0) is 46.9 Å². The van der Waals surface area contributed by atoms with E-state index in [1.165, 1.54) is 6.07 Å². The Hall–Kier alpha value is -1.43. The van der Waals surface area contributed by atoms with Crippen LogP contribution in [0.15, 0.2) is 18.3 Å². The minimum Gasteiger partial charge on any atom is -0.297 e. The Morgan fingerprint density at radius 1 is 1.29 bits per heavy atom. The van der Waals surface area contributed by atoms with Crippen molar-refractivity contribution in [1.82, 2.24) is 9.88 Å². The predicted octanol–water partition coefficient (Wildman–Crippen LogP) is 3.33. The van der Waals surface area contributed by atoms with Crippen LogP contribution in [0.25, 0.3) is 0 Å². The number of hydrogen-bond acceptors (Lipinski definition) is 3. The maximum Gasteiger partial charge on any atom is 0.417 e. The quantitative estimate of drug-likeness (QED) is 0.836. The molecule has 1 heterocycles. The van der Waals surface area contributed by atoms with E-state index in [9.17, 15) is 18.0 Å². The predicted molar refractivity (Wildman–Crippen MR) is 74.9 cm³/mol. The van der Waals surface area contributed by atoms with Crippen LogP contribution in [-0.2, 0) is 17.4 Å². The van der Waals surface area contributed by atoms with Gasteiger partial charge in [-0.3, -0.25) is 14.7 Å². The van der Waals surface area contributed by atoms with Crippen LogP contribution in [0.4, 0.5) is 13.2 Å². The van der Waals surface area contributed by atoms with Crippen molar-refractivity contribution in [1.29, 1.82) is 0 Å². The lowest BCUT2D eigenvalue weighted by molar-refractivity contribution is -0.137. The lowest BCUT2D eigenvalue weighted by atomic mass is 9.92. The Morgan fingerprint density at radius 2 is 1.86 bits per heavy atom. The Labute approximate surface area is 123 Å². The maximum atomic E-state index is 12.5. The molecule has 0 aliphatic heterocycles. The number of alkyl halides is 3. The van der Waals surface area contributed by atoms with Gasteiger partial charge in [0.15, 0.2) is 5.78 Å². The number of carbonyl (C=O) groups excluding carboxylic acids is 1. The summed E-state index contributed by atoms with van der Waals surface area (Å²) in [5, 5.41) is 0.